The summed E-state index contributed by atoms with van der Waals surface area (Å²) in [6.45, 7) is 0.478. The minimum atomic E-state index is -0.273. The van der Waals surface area contributed by atoms with E-state index in [1.54, 1.807) is 42.3 Å². The third-order valence-corrected chi connectivity index (χ3v) is 3.58. The Morgan fingerprint density at radius 1 is 1.20 bits per heavy atom. The summed E-state index contributed by atoms with van der Waals surface area (Å²) < 4.78 is 14.5. The molecular weight excluding hydrogens is 321 g/mol. The van der Waals surface area contributed by atoms with Gasteiger partial charge in [0.1, 0.15) is 5.82 Å². The van der Waals surface area contributed by atoms with Gasteiger partial charge in [-0.3, -0.25) is 4.79 Å². The maximum atomic E-state index is 13.6. The molecule has 2 aromatic rings. The van der Waals surface area contributed by atoms with Gasteiger partial charge < -0.3 is 4.90 Å². The number of Topliss-reactive ketones (excluding diaryl/α,β-unsaturated/α-hetero) is 1. The highest BCUT2D eigenvalue weighted by atomic mass is 79.9. The molecule has 0 fully saturated rings. The van der Waals surface area contributed by atoms with Gasteiger partial charge in [-0.2, -0.15) is 0 Å². The van der Waals surface area contributed by atoms with Gasteiger partial charge in [-0.25, -0.2) is 4.39 Å². The van der Waals surface area contributed by atoms with Crippen LogP contribution in [-0.4, -0.2) is 19.4 Å². The molecular formula is C16H15BrFNO. The molecule has 0 bridgehead atoms. The lowest BCUT2D eigenvalue weighted by Crippen LogP contribution is -2.22. The van der Waals surface area contributed by atoms with Crippen molar-refractivity contribution in [2.24, 2.45) is 0 Å². The predicted octanol–water partition coefficient (Wildman–Crippen LogP) is 4.30. The highest BCUT2D eigenvalue weighted by Crippen LogP contribution is 2.18. The molecule has 0 amide bonds. The fraction of sp³-hybridized carbons (Fsp3) is 0.188. The van der Waals surface area contributed by atoms with Crippen LogP contribution in [-0.2, 0) is 0 Å². The van der Waals surface area contributed by atoms with E-state index in [0.717, 1.165) is 4.47 Å². The van der Waals surface area contributed by atoms with Gasteiger partial charge in [-0.1, -0.05) is 40.2 Å². The first-order valence-corrected chi connectivity index (χ1v) is 7.11. The number of carbonyl (C=O) groups is 1. The molecule has 4 heteroatoms. The number of ketones is 1. The Balaban J connectivity index is 1.99. The third-order valence-electron chi connectivity index (χ3n) is 3.08. The zero-order valence-electron chi connectivity index (χ0n) is 11.1. The standard InChI is InChI=1S/C16H15BrFNO/c1-19(15-8-3-2-7-14(15)18)10-9-16(20)12-5-4-6-13(17)11-12/h2-8,11H,9-10H2,1H3. The Morgan fingerprint density at radius 2 is 1.95 bits per heavy atom. The fourth-order valence-electron chi connectivity index (χ4n) is 1.96. The SMILES string of the molecule is CN(CCC(=O)c1cccc(Br)c1)c1ccccc1F. The summed E-state index contributed by atoms with van der Waals surface area (Å²) in [6.07, 6.45) is 0.348. The molecule has 2 aromatic carbocycles. The molecule has 0 saturated carbocycles. The molecule has 0 aliphatic carbocycles. The van der Waals surface area contributed by atoms with Crippen molar-refractivity contribution in [2.45, 2.75) is 6.42 Å². The minimum Gasteiger partial charge on any atom is -0.372 e. The quantitative estimate of drug-likeness (QED) is 0.759. The average Bonchev–Trinajstić information content (AvgIpc) is 2.45. The van der Waals surface area contributed by atoms with Crippen LogP contribution in [0.15, 0.2) is 53.0 Å². The Bertz CT molecular complexity index is 615. The van der Waals surface area contributed by atoms with Crippen molar-refractivity contribution in [3.63, 3.8) is 0 Å². The smallest absolute Gasteiger partial charge is 0.164 e. The molecule has 0 atom stereocenters. The molecule has 0 aliphatic heterocycles. The van der Waals surface area contributed by atoms with Crippen LogP contribution in [0.3, 0.4) is 0 Å². The lowest BCUT2D eigenvalue weighted by Gasteiger charge is -2.19. The molecule has 2 rings (SSSR count). The van der Waals surface area contributed by atoms with Gasteiger partial charge in [-0.05, 0) is 24.3 Å². The second kappa shape index (κ2) is 6.66. The van der Waals surface area contributed by atoms with Crippen molar-refractivity contribution in [1.29, 1.82) is 0 Å². The van der Waals surface area contributed by atoms with Crippen LogP contribution in [0.25, 0.3) is 0 Å². The van der Waals surface area contributed by atoms with Crippen molar-refractivity contribution < 1.29 is 9.18 Å². The number of hydrogen-bond acceptors (Lipinski definition) is 2. The number of anilines is 1. The number of hydrogen-bond donors (Lipinski definition) is 0. The Labute approximate surface area is 126 Å². The van der Waals surface area contributed by atoms with E-state index in [2.05, 4.69) is 15.9 Å². The number of nitrogens with zero attached hydrogens (tertiary/aromatic N) is 1. The predicted molar refractivity (Wildman–Crippen MR) is 82.8 cm³/mol. The third kappa shape index (κ3) is 3.67. The van der Waals surface area contributed by atoms with E-state index in [-0.39, 0.29) is 11.6 Å². The van der Waals surface area contributed by atoms with E-state index < -0.39 is 0 Å². The first kappa shape index (κ1) is 14.7. The lowest BCUT2D eigenvalue weighted by atomic mass is 10.1. The van der Waals surface area contributed by atoms with Crippen LogP contribution in [0, 0.1) is 5.82 Å². The largest absolute Gasteiger partial charge is 0.372 e. The van der Waals surface area contributed by atoms with E-state index in [1.165, 1.54) is 6.07 Å². The zero-order valence-corrected chi connectivity index (χ0v) is 12.7. The van der Waals surface area contributed by atoms with Gasteiger partial charge in [0.05, 0.1) is 5.69 Å². The van der Waals surface area contributed by atoms with Gasteiger partial charge in [-0.15, -0.1) is 0 Å². The maximum Gasteiger partial charge on any atom is 0.164 e. The van der Waals surface area contributed by atoms with Crippen LogP contribution in [0.4, 0.5) is 10.1 Å². The van der Waals surface area contributed by atoms with Gasteiger partial charge in [0.2, 0.25) is 0 Å². The molecule has 20 heavy (non-hydrogen) atoms. The van der Waals surface area contributed by atoms with Crippen LogP contribution in [0.5, 0.6) is 0 Å². The molecule has 104 valence electrons. The maximum absolute atomic E-state index is 13.6. The summed E-state index contributed by atoms with van der Waals surface area (Å²) >= 11 is 3.34. The zero-order chi connectivity index (χ0) is 14.5. The molecule has 0 aromatic heterocycles. The summed E-state index contributed by atoms with van der Waals surface area (Å²) in [7, 11) is 1.78. The number of carbonyl (C=O) groups excluding carboxylic acids is 1. The molecule has 0 unspecified atom stereocenters. The fourth-order valence-corrected chi connectivity index (χ4v) is 2.36. The van der Waals surface area contributed by atoms with E-state index in [9.17, 15) is 9.18 Å². The van der Waals surface area contributed by atoms with E-state index in [1.807, 2.05) is 12.1 Å². The second-order valence-corrected chi connectivity index (χ2v) is 5.47. The molecule has 0 radical (unpaired) electrons. The van der Waals surface area contributed by atoms with Crippen molar-refractivity contribution >= 4 is 27.4 Å². The topological polar surface area (TPSA) is 20.3 Å². The van der Waals surface area contributed by atoms with Crippen molar-refractivity contribution in [2.75, 3.05) is 18.5 Å². The average molecular weight is 336 g/mol. The Hall–Kier alpha value is -1.68. The lowest BCUT2D eigenvalue weighted by molar-refractivity contribution is 0.0985. The van der Waals surface area contributed by atoms with Crippen LogP contribution in [0.2, 0.25) is 0 Å². The van der Waals surface area contributed by atoms with Gasteiger partial charge in [0.25, 0.3) is 0 Å². The van der Waals surface area contributed by atoms with E-state index in [4.69, 9.17) is 0 Å². The Kier molecular flexibility index (Phi) is 4.90. The molecule has 0 spiro atoms. The summed E-state index contributed by atoms with van der Waals surface area (Å²) in [4.78, 5) is 13.8. The summed E-state index contributed by atoms with van der Waals surface area (Å²) in [5.74, 6) is -0.223. The van der Waals surface area contributed by atoms with Crippen molar-refractivity contribution in [1.82, 2.24) is 0 Å². The van der Waals surface area contributed by atoms with Gasteiger partial charge >= 0.3 is 0 Å². The molecule has 0 aliphatic rings. The summed E-state index contributed by atoms with van der Waals surface area (Å²) in [5.41, 5.74) is 1.18. The van der Waals surface area contributed by atoms with E-state index in [0.29, 0.717) is 24.2 Å². The number of para-hydroxylation sites is 1. The van der Waals surface area contributed by atoms with Gasteiger partial charge in [0.15, 0.2) is 5.78 Å². The number of halogens is 2. The molecule has 0 N–H and O–H groups in total. The minimum absolute atomic E-state index is 0.0505. The number of rotatable bonds is 5. The highest BCUT2D eigenvalue weighted by molar-refractivity contribution is 9.10. The van der Waals surface area contributed by atoms with Crippen LogP contribution >= 0.6 is 15.9 Å². The van der Waals surface area contributed by atoms with Crippen LogP contribution in [0.1, 0.15) is 16.8 Å². The monoisotopic (exact) mass is 335 g/mol. The summed E-state index contributed by atoms with van der Waals surface area (Å²) in [5, 5.41) is 0. The van der Waals surface area contributed by atoms with Crippen molar-refractivity contribution in [3.8, 4) is 0 Å². The summed E-state index contributed by atoms with van der Waals surface area (Å²) in [6, 6.07) is 13.9. The molecule has 0 heterocycles. The molecule has 0 saturated heterocycles. The van der Waals surface area contributed by atoms with Gasteiger partial charge in [0, 0.05) is 30.0 Å². The first-order valence-electron chi connectivity index (χ1n) is 6.32. The van der Waals surface area contributed by atoms with Crippen LogP contribution < -0.4 is 4.90 Å². The Morgan fingerprint density at radius 3 is 2.65 bits per heavy atom. The van der Waals surface area contributed by atoms with E-state index >= 15 is 0 Å². The second-order valence-electron chi connectivity index (χ2n) is 4.56. The number of benzene rings is 2. The van der Waals surface area contributed by atoms with Crippen molar-refractivity contribution in [3.05, 3.63) is 64.4 Å². The highest BCUT2D eigenvalue weighted by Gasteiger charge is 2.10. The first-order chi connectivity index (χ1) is 9.58. The molecule has 2 nitrogen and oxygen atoms in total. The normalized spacial score (nSPS) is 10.3.